The van der Waals surface area contributed by atoms with Crippen LogP contribution in [0.5, 0.6) is 5.75 Å². The van der Waals surface area contributed by atoms with Gasteiger partial charge < -0.3 is 29.9 Å². The van der Waals surface area contributed by atoms with Crippen molar-refractivity contribution in [3.8, 4) is 5.75 Å². The molecular formula is C42H51F3N4O4. The van der Waals surface area contributed by atoms with E-state index in [4.69, 9.17) is 4.74 Å². The number of anilines is 3. The second-order valence-electron chi connectivity index (χ2n) is 13.8. The highest BCUT2D eigenvalue weighted by Crippen LogP contribution is 2.33. The number of hydrogen-bond acceptors (Lipinski definition) is 6. The van der Waals surface area contributed by atoms with Crippen LogP contribution in [0.2, 0.25) is 0 Å². The Balaban J connectivity index is 0.000000258. The Morgan fingerprint density at radius 2 is 1.58 bits per heavy atom. The van der Waals surface area contributed by atoms with Crippen molar-refractivity contribution in [3.63, 3.8) is 0 Å². The maximum atomic E-state index is 13.1. The van der Waals surface area contributed by atoms with Gasteiger partial charge in [-0.2, -0.15) is 13.2 Å². The van der Waals surface area contributed by atoms with Crippen molar-refractivity contribution in [1.82, 2.24) is 9.80 Å². The molecule has 2 atom stereocenters. The van der Waals surface area contributed by atoms with Crippen molar-refractivity contribution in [2.75, 3.05) is 50.6 Å². The van der Waals surface area contributed by atoms with Crippen molar-refractivity contribution in [3.05, 3.63) is 119 Å². The molecule has 2 amide bonds. The van der Waals surface area contributed by atoms with Gasteiger partial charge in [0, 0.05) is 36.9 Å². The number of nitrogens with one attached hydrogen (secondary N) is 1. The van der Waals surface area contributed by atoms with Crippen molar-refractivity contribution in [1.29, 1.82) is 0 Å². The summed E-state index contributed by atoms with van der Waals surface area (Å²) in [5.74, 6) is -0.534. The number of unbranched alkanes of at least 4 members (excludes halogenated alkanes) is 1. The first-order valence-electron chi connectivity index (χ1n) is 18.0. The molecule has 1 aliphatic rings. The van der Waals surface area contributed by atoms with E-state index in [1.807, 2.05) is 6.92 Å². The number of aliphatic hydroxyl groups is 1. The Labute approximate surface area is 311 Å². The highest BCUT2D eigenvalue weighted by Gasteiger charge is 2.31. The smallest absolute Gasteiger partial charge is 0.416 e. The van der Waals surface area contributed by atoms with E-state index < -0.39 is 17.6 Å². The molecule has 284 valence electrons. The van der Waals surface area contributed by atoms with E-state index in [2.05, 4.69) is 90.7 Å². The van der Waals surface area contributed by atoms with Crippen molar-refractivity contribution in [2.45, 2.75) is 58.8 Å². The van der Waals surface area contributed by atoms with E-state index >= 15 is 0 Å². The van der Waals surface area contributed by atoms with Crippen LogP contribution in [0.3, 0.4) is 0 Å². The minimum Gasteiger partial charge on any atom is -0.490 e. The second kappa shape index (κ2) is 19.3. The number of carbonyl (C=O) groups is 2. The number of carbonyl (C=O) groups excluding carboxylic acids is 2. The summed E-state index contributed by atoms with van der Waals surface area (Å²) in [5, 5.41) is 12.2. The van der Waals surface area contributed by atoms with Crippen LogP contribution < -0.4 is 15.0 Å². The summed E-state index contributed by atoms with van der Waals surface area (Å²) in [6.45, 7) is 8.50. The molecule has 5 rings (SSSR count). The number of alkyl halides is 3. The van der Waals surface area contributed by atoms with Gasteiger partial charge in [-0.3, -0.25) is 9.59 Å². The van der Waals surface area contributed by atoms with Gasteiger partial charge in [0.15, 0.2) is 5.75 Å². The maximum absolute atomic E-state index is 13.1. The van der Waals surface area contributed by atoms with E-state index in [9.17, 15) is 27.9 Å². The standard InChI is InChI=1S/C23H25F3N2O4.C19H26N2/c1-14-11-28(15(2)12-29)22(31)18-4-3-5-19(21(18)32-13-14)27-20(30)10-16-6-8-17(9-7-16)23(24,25)26;1-4-5-15-21(18-9-7-6-8-10-18)19-13-11-17(12-14-19)16-20(2)3/h3-9,14-15,29H,10-13H2,1-2H3,(H,27,30);6-14H,4-5,15-16H2,1-3H3/t14-,15+;/m1./s1. The van der Waals surface area contributed by atoms with Crippen LogP contribution in [0.1, 0.15) is 60.7 Å². The van der Waals surface area contributed by atoms with Gasteiger partial charge in [0.25, 0.3) is 5.91 Å². The summed E-state index contributed by atoms with van der Waals surface area (Å²) < 4.78 is 44.0. The Morgan fingerprint density at radius 1 is 0.943 bits per heavy atom. The number of halogens is 3. The predicted molar refractivity (Wildman–Crippen MR) is 205 cm³/mol. The quantitative estimate of drug-likeness (QED) is 0.152. The average molecular weight is 733 g/mol. The topological polar surface area (TPSA) is 85.4 Å². The van der Waals surface area contributed by atoms with Crippen molar-refractivity contribution >= 4 is 28.9 Å². The molecule has 0 unspecified atom stereocenters. The van der Waals surface area contributed by atoms with Crippen molar-refractivity contribution < 1.29 is 32.6 Å². The molecule has 0 bridgehead atoms. The Bertz CT molecular complexity index is 1750. The fraction of sp³-hybridized carbons (Fsp3) is 0.381. The minimum absolute atomic E-state index is 0.00277. The molecule has 4 aromatic rings. The van der Waals surface area contributed by atoms with Gasteiger partial charge in [-0.15, -0.1) is 0 Å². The summed E-state index contributed by atoms with van der Waals surface area (Å²) >= 11 is 0. The summed E-state index contributed by atoms with van der Waals surface area (Å²) in [7, 11) is 4.21. The highest BCUT2D eigenvalue weighted by atomic mass is 19.4. The summed E-state index contributed by atoms with van der Waals surface area (Å²) in [4.78, 5) is 31.8. The number of para-hydroxylation sites is 2. The van der Waals surface area contributed by atoms with E-state index in [0.717, 1.165) is 25.2 Å². The van der Waals surface area contributed by atoms with Crippen LogP contribution in [0.15, 0.2) is 97.1 Å². The van der Waals surface area contributed by atoms with Gasteiger partial charge >= 0.3 is 6.18 Å². The van der Waals surface area contributed by atoms with Gasteiger partial charge in [0.05, 0.1) is 42.5 Å². The third-order valence-corrected chi connectivity index (χ3v) is 8.79. The Morgan fingerprint density at radius 3 is 2.19 bits per heavy atom. The number of aliphatic hydroxyl groups excluding tert-OH is 1. The van der Waals surface area contributed by atoms with Gasteiger partial charge in [0.2, 0.25) is 5.91 Å². The zero-order valence-electron chi connectivity index (χ0n) is 31.2. The molecule has 0 spiro atoms. The summed E-state index contributed by atoms with van der Waals surface area (Å²) in [6, 6.07) is 28.4. The van der Waals surface area contributed by atoms with Gasteiger partial charge in [0.1, 0.15) is 0 Å². The molecule has 0 radical (unpaired) electrons. The first kappa shape index (κ1) is 40.9. The van der Waals surface area contributed by atoms with Gasteiger partial charge in [-0.25, -0.2) is 0 Å². The molecule has 11 heteroatoms. The highest BCUT2D eigenvalue weighted by molar-refractivity contribution is 6.02. The first-order chi connectivity index (χ1) is 25.3. The number of hydrogen-bond donors (Lipinski definition) is 2. The monoisotopic (exact) mass is 732 g/mol. The molecular weight excluding hydrogens is 681 g/mol. The van der Waals surface area contributed by atoms with Crippen LogP contribution in [0.4, 0.5) is 30.2 Å². The van der Waals surface area contributed by atoms with Gasteiger partial charge in [-0.1, -0.05) is 68.8 Å². The molecule has 4 aromatic carbocycles. The number of amides is 2. The fourth-order valence-electron chi connectivity index (χ4n) is 5.96. The molecule has 0 aromatic heterocycles. The molecule has 0 aliphatic carbocycles. The lowest BCUT2D eigenvalue weighted by Crippen LogP contribution is -2.45. The molecule has 8 nitrogen and oxygen atoms in total. The Kier molecular flexibility index (Phi) is 14.9. The SMILES string of the molecule is CCCCN(c1ccccc1)c1ccc(CN(C)C)cc1.C[C@H]1COc2c(NC(=O)Cc3ccc(C(F)(F)F)cc3)cccc2C(=O)N([C@@H](C)CO)C1. The lowest BCUT2D eigenvalue weighted by atomic mass is 10.0. The van der Waals surface area contributed by atoms with E-state index in [0.29, 0.717) is 24.4 Å². The maximum Gasteiger partial charge on any atom is 0.416 e. The van der Waals surface area contributed by atoms with Crippen LogP contribution >= 0.6 is 0 Å². The number of ether oxygens (including phenoxy) is 1. The molecule has 2 N–H and O–H groups in total. The largest absolute Gasteiger partial charge is 0.490 e. The molecule has 53 heavy (non-hydrogen) atoms. The second-order valence-corrected chi connectivity index (χ2v) is 13.8. The van der Waals surface area contributed by atoms with Crippen LogP contribution in [0, 0.1) is 5.92 Å². The van der Waals surface area contributed by atoms with Crippen LogP contribution in [-0.4, -0.2) is 73.2 Å². The number of fused-ring (bicyclic) bond motifs is 1. The van der Waals surface area contributed by atoms with Crippen molar-refractivity contribution in [2.24, 2.45) is 5.92 Å². The zero-order valence-corrected chi connectivity index (χ0v) is 31.2. The van der Waals surface area contributed by atoms with E-state index in [-0.39, 0.29) is 42.2 Å². The van der Waals surface area contributed by atoms with Crippen LogP contribution in [-0.2, 0) is 23.9 Å². The number of benzene rings is 4. The lowest BCUT2D eigenvalue weighted by Gasteiger charge is -2.33. The average Bonchev–Trinajstić information content (AvgIpc) is 3.13. The molecule has 0 saturated heterocycles. The lowest BCUT2D eigenvalue weighted by molar-refractivity contribution is -0.137. The third kappa shape index (κ3) is 11.8. The van der Waals surface area contributed by atoms with Gasteiger partial charge in [-0.05, 0) is 87.1 Å². The zero-order chi connectivity index (χ0) is 38.5. The summed E-state index contributed by atoms with van der Waals surface area (Å²) in [5.41, 5.74) is 4.11. The number of rotatable bonds is 12. The Hall–Kier alpha value is -4.87. The molecule has 0 saturated carbocycles. The number of nitrogens with zero attached hydrogens (tertiary/aromatic N) is 3. The van der Waals surface area contributed by atoms with E-state index in [1.54, 1.807) is 30.0 Å². The van der Waals surface area contributed by atoms with E-state index in [1.165, 1.54) is 41.9 Å². The molecule has 0 fully saturated rings. The first-order valence-corrected chi connectivity index (χ1v) is 18.0. The summed E-state index contributed by atoms with van der Waals surface area (Å²) in [6.07, 6.45) is -2.17. The predicted octanol–water partition coefficient (Wildman–Crippen LogP) is 8.42. The minimum atomic E-state index is -4.44. The molecule has 1 heterocycles. The fourth-order valence-corrected chi connectivity index (χ4v) is 5.96. The van der Waals surface area contributed by atoms with Crippen LogP contribution in [0.25, 0.3) is 0 Å². The third-order valence-electron chi connectivity index (χ3n) is 8.79. The molecule has 1 aliphatic heterocycles. The normalized spacial score (nSPS) is 14.9.